The predicted octanol–water partition coefficient (Wildman–Crippen LogP) is 3.59. The molecule has 0 spiro atoms. The monoisotopic (exact) mass is 294 g/mol. The Morgan fingerprint density at radius 2 is 1.76 bits per heavy atom. The average molecular weight is 294 g/mol. The molecular formula is C17H24F2N2. The summed E-state index contributed by atoms with van der Waals surface area (Å²) in [4.78, 5) is 2.56. The normalized spacial score (nSPS) is 29.2. The van der Waals surface area contributed by atoms with E-state index in [0.29, 0.717) is 0 Å². The molecule has 116 valence electrons. The van der Waals surface area contributed by atoms with Crippen molar-refractivity contribution in [1.29, 1.82) is 0 Å². The molecule has 2 bridgehead atoms. The lowest BCUT2D eigenvalue weighted by Gasteiger charge is -2.36. The van der Waals surface area contributed by atoms with Crippen molar-refractivity contribution in [2.75, 3.05) is 13.6 Å². The van der Waals surface area contributed by atoms with E-state index in [0.717, 1.165) is 36.7 Å². The first-order valence-corrected chi connectivity index (χ1v) is 7.93. The van der Waals surface area contributed by atoms with Crippen molar-refractivity contribution in [2.24, 2.45) is 5.92 Å². The van der Waals surface area contributed by atoms with Crippen molar-refractivity contribution >= 4 is 0 Å². The summed E-state index contributed by atoms with van der Waals surface area (Å²) < 4.78 is 25.0. The van der Waals surface area contributed by atoms with Gasteiger partial charge < -0.3 is 10.2 Å². The van der Waals surface area contributed by atoms with Crippen LogP contribution in [0.3, 0.4) is 0 Å². The maximum Gasteiger partial charge on any atom is 0.263 e. The molecule has 2 saturated heterocycles. The Morgan fingerprint density at radius 1 is 1.14 bits per heavy atom. The first kappa shape index (κ1) is 14.9. The second-order valence-electron chi connectivity index (χ2n) is 6.56. The molecule has 2 heterocycles. The highest BCUT2D eigenvalue weighted by Gasteiger charge is 2.37. The molecule has 1 N–H and O–H groups in total. The van der Waals surface area contributed by atoms with E-state index in [1.807, 2.05) is 0 Å². The van der Waals surface area contributed by atoms with Gasteiger partial charge in [0.2, 0.25) is 0 Å². The van der Waals surface area contributed by atoms with Crippen LogP contribution in [-0.4, -0.2) is 30.6 Å². The maximum atomic E-state index is 12.5. The van der Waals surface area contributed by atoms with Gasteiger partial charge >= 0.3 is 0 Å². The van der Waals surface area contributed by atoms with E-state index >= 15 is 0 Å². The summed E-state index contributed by atoms with van der Waals surface area (Å²) in [5, 5.41) is 3.50. The highest BCUT2D eigenvalue weighted by atomic mass is 19.3. The van der Waals surface area contributed by atoms with Crippen LogP contribution in [0.2, 0.25) is 0 Å². The lowest BCUT2D eigenvalue weighted by molar-refractivity contribution is 0.133. The summed E-state index contributed by atoms with van der Waals surface area (Å²) in [7, 11) is 2.26. The molecule has 2 nitrogen and oxygen atoms in total. The van der Waals surface area contributed by atoms with Crippen LogP contribution in [0.4, 0.5) is 8.78 Å². The molecule has 3 rings (SSSR count). The van der Waals surface area contributed by atoms with E-state index in [9.17, 15) is 8.78 Å². The van der Waals surface area contributed by atoms with Gasteiger partial charge in [-0.2, -0.15) is 0 Å². The van der Waals surface area contributed by atoms with Crippen molar-refractivity contribution in [3.63, 3.8) is 0 Å². The number of rotatable bonds is 5. The van der Waals surface area contributed by atoms with Gasteiger partial charge in [-0.3, -0.25) is 0 Å². The molecule has 2 fully saturated rings. The Kier molecular flexibility index (Phi) is 4.55. The lowest BCUT2D eigenvalue weighted by atomic mass is 9.91. The highest BCUT2D eigenvalue weighted by molar-refractivity contribution is 5.23. The molecule has 21 heavy (non-hydrogen) atoms. The predicted molar refractivity (Wildman–Crippen MR) is 80.4 cm³/mol. The third-order valence-corrected chi connectivity index (χ3v) is 5.19. The van der Waals surface area contributed by atoms with Crippen LogP contribution in [0.5, 0.6) is 0 Å². The summed E-state index contributed by atoms with van der Waals surface area (Å²) >= 11 is 0. The Hall–Kier alpha value is -1.00. The van der Waals surface area contributed by atoms with Crippen LogP contribution < -0.4 is 5.32 Å². The number of alkyl halides is 2. The van der Waals surface area contributed by atoms with Gasteiger partial charge in [-0.05, 0) is 50.8 Å². The average Bonchev–Trinajstić information content (AvgIpc) is 2.70. The zero-order chi connectivity index (χ0) is 14.8. The maximum absolute atomic E-state index is 12.5. The Bertz CT molecular complexity index is 446. The van der Waals surface area contributed by atoms with Crippen LogP contribution >= 0.6 is 0 Å². The topological polar surface area (TPSA) is 15.3 Å². The zero-order valence-corrected chi connectivity index (χ0v) is 12.6. The summed E-state index contributed by atoms with van der Waals surface area (Å²) in [5.74, 6) is 0.763. The molecule has 2 unspecified atom stereocenters. The van der Waals surface area contributed by atoms with Gasteiger partial charge in [0.05, 0.1) is 0 Å². The van der Waals surface area contributed by atoms with Gasteiger partial charge in [-0.1, -0.05) is 24.3 Å². The molecule has 1 aromatic rings. The fraction of sp³-hybridized carbons (Fsp3) is 0.647. The van der Waals surface area contributed by atoms with Crippen LogP contribution in [0.25, 0.3) is 0 Å². The molecule has 0 aromatic heterocycles. The van der Waals surface area contributed by atoms with Gasteiger partial charge in [-0.25, -0.2) is 8.78 Å². The molecule has 0 amide bonds. The fourth-order valence-corrected chi connectivity index (χ4v) is 3.89. The van der Waals surface area contributed by atoms with Crippen LogP contribution in [0.15, 0.2) is 24.3 Å². The fourth-order valence-electron chi connectivity index (χ4n) is 3.89. The first-order chi connectivity index (χ1) is 10.1. The summed E-state index contributed by atoms with van der Waals surface area (Å²) in [5.41, 5.74) is 1.18. The van der Waals surface area contributed by atoms with Gasteiger partial charge in [0.15, 0.2) is 0 Å². The molecule has 2 aliphatic rings. The zero-order valence-electron chi connectivity index (χ0n) is 12.6. The van der Waals surface area contributed by atoms with Crippen LogP contribution in [-0.2, 0) is 6.54 Å². The minimum Gasteiger partial charge on any atom is -0.312 e. The van der Waals surface area contributed by atoms with Crippen molar-refractivity contribution in [3.8, 4) is 0 Å². The molecule has 1 aromatic carbocycles. The lowest BCUT2D eigenvalue weighted by Crippen LogP contribution is -2.42. The van der Waals surface area contributed by atoms with Crippen molar-refractivity contribution in [2.45, 2.75) is 50.7 Å². The van der Waals surface area contributed by atoms with E-state index in [4.69, 9.17) is 0 Å². The molecular weight excluding hydrogens is 270 g/mol. The largest absolute Gasteiger partial charge is 0.312 e. The number of nitrogens with zero attached hydrogens (tertiary/aromatic N) is 1. The smallest absolute Gasteiger partial charge is 0.263 e. The van der Waals surface area contributed by atoms with E-state index in [-0.39, 0.29) is 5.56 Å². The van der Waals surface area contributed by atoms with Gasteiger partial charge in [0.25, 0.3) is 6.43 Å². The number of hydrogen-bond donors (Lipinski definition) is 1. The van der Waals surface area contributed by atoms with Crippen molar-refractivity contribution < 1.29 is 8.78 Å². The summed E-state index contributed by atoms with van der Waals surface area (Å²) in [6, 6.07) is 8.20. The quantitative estimate of drug-likeness (QED) is 0.893. The van der Waals surface area contributed by atoms with Crippen molar-refractivity contribution in [3.05, 3.63) is 35.4 Å². The van der Waals surface area contributed by atoms with E-state index in [2.05, 4.69) is 17.3 Å². The summed E-state index contributed by atoms with van der Waals surface area (Å²) in [6.07, 6.45) is 2.93. The SMILES string of the molecule is CN1C2CCC1CC(CNCc1ccc(C(F)F)cc1)C2. The van der Waals surface area contributed by atoms with Gasteiger partial charge in [0.1, 0.15) is 0 Å². The molecule has 0 aliphatic carbocycles. The highest BCUT2D eigenvalue weighted by Crippen LogP contribution is 2.37. The van der Waals surface area contributed by atoms with E-state index in [1.165, 1.54) is 37.8 Å². The van der Waals surface area contributed by atoms with E-state index in [1.54, 1.807) is 12.1 Å². The number of hydrogen-bond acceptors (Lipinski definition) is 2. The van der Waals surface area contributed by atoms with Crippen molar-refractivity contribution in [1.82, 2.24) is 10.2 Å². The Morgan fingerprint density at radius 3 is 2.33 bits per heavy atom. The summed E-state index contributed by atoms with van der Waals surface area (Å²) in [6.45, 7) is 1.81. The Labute approximate surface area is 125 Å². The minimum atomic E-state index is -2.37. The number of nitrogens with one attached hydrogen (secondary N) is 1. The standard InChI is InChI=1S/C17H24F2N2/c1-21-15-6-7-16(21)9-13(8-15)11-20-10-12-2-4-14(5-3-12)17(18)19/h2-5,13,15-17,20H,6-11H2,1H3. The Balaban J connectivity index is 1.44. The number of fused-ring (bicyclic) bond motifs is 2. The van der Waals surface area contributed by atoms with Gasteiger partial charge in [-0.15, -0.1) is 0 Å². The third kappa shape index (κ3) is 3.43. The number of benzene rings is 1. The minimum absolute atomic E-state index is 0.102. The van der Waals surface area contributed by atoms with Crippen LogP contribution in [0, 0.1) is 5.92 Å². The van der Waals surface area contributed by atoms with Crippen LogP contribution in [0.1, 0.15) is 43.2 Å². The third-order valence-electron chi connectivity index (χ3n) is 5.19. The second-order valence-corrected chi connectivity index (χ2v) is 6.56. The molecule has 2 atom stereocenters. The molecule has 0 saturated carbocycles. The second kappa shape index (κ2) is 6.41. The number of halogens is 2. The molecule has 2 aliphatic heterocycles. The van der Waals surface area contributed by atoms with E-state index < -0.39 is 6.43 Å². The first-order valence-electron chi connectivity index (χ1n) is 7.93. The number of piperidine rings is 1. The van der Waals surface area contributed by atoms with Gasteiger partial charge in [0, 0.05) is 24.2 Å². The molecule has 0 radical (unpaired) electrons. The molecule has 4 heteroatoms.